The van der Waals surface area contributed by atoms with Crippen LogP contribution in [0.2, 0.25) is 0 Å². The summed E-state index contributed by atoms with van der Waals surface area (Å²) in [5, 5.41) is 1.97. The van der Waals surface area contributed by atoms with E-state index in [0.29, 0.717) is 5.78 Å². The lowest BCUT2D eigenvalue weighted by molar-refractivity contribution is 0.0909. The van der Waals surface area contributed by atoms with E-state index in [1.54, 1.807) is 11.3 Å². The Bertz CT molecular complexity index is 313. The van der Waals surface area contributed by atoms with Crippen LogP contribution in [-0.2, 0) is 0 Å². The van der Waals surface area contributed by atoms with Crippen LogP contribution in [0.5, 0.6) is 0 Å². The van der Waals surface area contributed by atoms with E-state index in [2.05, 4.69) is 29.8 Å². The zero-order valence-electron chi connectivity index (χ0n) is 9.25. The van der Waals surface area contributed by atoms with Crippen molar-refractivity contribution in [3.8, 4) is 0 Å². The smallest absolute Gasteiger partial charge is 0.175 e. The number of carbonyl (C=O) groups excluding carboxylic acids is 1. The second kappa shape index (κ2) is 6.44. The van der Waals surface area contributed by atoms with Gasteiger partial charge in [0.1, 0.15) is 0 Å². The van der Waals surface area contributed by atoms with E-state index < -0.39 is 0 Å². The van der Waals surface area contributed by atoms with E-state index in [9.17, 15) is 4.79 Å². The molecule has 0 aromatic carbocycles. The fourth-order valence-electron chi connectivity index (χ4n) is 1.75. The average molecular weight is 289 g/mol. The first-order valence-corrected chi connectivity index (χ1v) is 7.14. The number of thiophene rings is 1. The molecule has 0 aliphatic heterocycles. The molecule has 1 aromatic heterocycles. The monoisotopic (exact) mass is 288 g/mol. The number of halogens is 1. The number of Topliss-reactive ketones (excluding diaryl/α,β-unsaturated/α-hetero) is 1. The van der Waals surface area contributed by atoms with Crippen LogP contribution in [0.25, 0.3) is 0 Å². The second-order valence-electron chi connectivity index (χ2n) is 3.77. The van der Waals surface area contributed by atoms with E-state index in [0.717, 1.165) is 35.0 Å². The highest BCUT2D eigenvalue weighted by atomic mass is 79.9. The van der Waals surface area contributed by atoms with Gasteiger partial charge in [-0.05, 0) is 34.8 Å². The molecule has 0 aliphatic carbocycles. The largest absolute Gasteiger partial charge is 0.293 e. The fourth-order valence-corrected chi connectivity index (χ4v) is 3.19. The number of rotatable bonds is 6. The summed E-state index contributed by atoms with van der Waals surface area (Å²) in [6, 6.07) is 1.94. The van der Waals surface area contributed by atoms with Gasteiger partial charge in [-0.3, -0.25) is 4.79 Å². The third-order valence-electron chi connectivity index (χ3n) is 2.46. The first-order valence-electron chi connectivity index (χ1n) is 5.47. The summed E-state index contributed by atoms with van der Waals surface area (Å²) < 4.78 is 1.02. The predicted octanol–water partition coefficient (Wildman–Crippen LogP) is 4.91. The molecule has 0 aliphatic rings. The molecule has 0 radical (unpaired) electrons. The van der Waals surface area contributed by atoms with Gasteiger partial charge >= 0.3 is 0 Å². The summed E-state index contributed by atoms with van der Waals surface area (Å²) >= 11 is 4.93. The molecule has 0 unspecified atom stereocenters. The summed E-state index contributed by atoms with van der Waals surface area (Å²) in [6.45, 7) is 4.28. The predicted molar refractivity (Wildman–Crippen MR) is 69.7 cm³/mol. The first kappa shape index (κ1) is 12.9. The maximum Gasteiger partial charge on any atom is 0.175 e. The van der Waals surface area contributed by atoms with Crippen LogP contribution < -0.4 is 0 Å². The van der Waals surface area contributed by atoms with E-state index in [1.807, 2.05) is 11.4 Å². The molecule has 0 bridgehead atoms. The highest BCUT2D eigenvalue weighted by molar-refractivity contribution is 9.10. The highest BCUT2D eigenvalue weighted by Gasteiger charge is 2.19. The van der Waals surface area contributed by atoms with Crippen LogP contribution in [0.3, 0.4) is 0 Å². The SMILES string of the molecule is CCCC(CCC)C(=O)c1cc(Br)cs1. The van der Waals surface area contributed by atoms with Gasteiger partial charge in [-0.1, -0.05) is 26.7 Å². The topological polar surface area (TPSA) is 17.1 Å². The summed E-state index contributed by atoms with van der Waals surface area (Å²) in [5.74, 6) is 0.556. The normalized spacial score (nSPS) is 10.9. The molecule has 1 heterocycles. The van der Waals surface area contributed by atoms with Crippen molar-refractivity contribution in [1.29, 1.82) is 0 Å². The van der Waals surface area contributed by atoms with Gasteiger partial charge in [0.25, 0.3) is 0 Å². The maximum atomic E-state index is 12.1. The van der Waals surface area contributed by atoms with Crippen LogP contribution in [0.4, 0.5) is 0 Å². The molecule has 0 atom stereocenters. The third kappa shape index (κ3) is 3.72. The molecular weight excluding hydrogens is 272 g/mol. The van der Waals surface area contributed by atoms with Crippen LogP contribution in [0, 0.1) is 5.92 Å². The Balaban J connectivity index is 2.71. The minimum Gasteiger partial charge on any atom is -0.293 e. The van der Waals surface area contributed by atoms with Gasteiger partial charge in [-0.15, -0.1) is 11.3 Å². The second-order valence-corrected chi connectivity index (χ2v) is 5.59. The molecule has 84 valence electrons. The van der Waals surface area contributed by atoms with Gasteiger partial charge in [-0.2, -0.15) is 0 Å². The van der Waals surface area contributed by atoms with Crippen molar-refractivity contribution in [1.82, 2.24) is 0 Å². The minimum atomic E-state index is 0.227. The average Bonchev–Trinajstić information content (AvgIpc) is 2.63. The van der Waals surface area contributed by atoms with Gasteiger partial charge in [0.05, 0.1) is 4.88 Å². The Labute approximate surface area is 104 Å². The Morgan fingerprint density at radius 1 is 1.40 bits per heavy atom. The lowest BCUT2D eigenvalue weighted by atomic mass is 9.93. The zero-order valence-corrected chi connectivity index (χ0v) is 11.7. The molecule has 0 fully saturated rings. The number of carbonyl (C=O) groups is 1. The van der Waals surface area contributed by atoms with Crippen LogP contribution >= 0.6 is 27.3 Å². The Hall–Kier alpha value is -0.150. The molecule has 1 aromatic rings. The summed E-state index contributed by atoms with van der Waals surface area (Å²) in [5.41, 5.74) is 0. The molecule has 0 N–H and O–H groups in total. The van der Waals surface area contributed by atoms with Gasteiger partial charge < -0.3 is 0 Å². The first-order chi connectivity index (χ1) is 7.19. The molecule has 1 rings (SSSR count). The molecule has 0 saturated heterocycles. The molecule has 3 heteroatoms. The number of hydrogen-bond acceptors (Lipinski definition) is 2. The van der Waals surface area contributed by atoms with Crippen molar-refractivity contribution >= 4 is 33.0 Å². The van der Waals surface area contributed by atoms with E-state index in [1.165, 1.54) is 0 Å². The minimum absolute atomic E-state index is 0.227. The van der Waals surface area contributed by atoms with Crippen LogP contribution in [0.15, 0.2) is 15.9 Å². The van der Waals surface area contributed by atoms with Gasteiger partial charge in [0.2, 0.25) is 0 Å². The number of ketones is 1. The molecule has 1 nitrogen and oxygen atoms in total. The van der Waals surface area contributed by atoms with Crippen molar-refractivity contribution in [3.63, 3.8) is 0 Å². The van der Waals surface area contributed by atoms with Gasteiger partial charge in [-0.25, -0.2) is 0 Å². The molecule has 0 spiro atoms. The molecular formula is C12H17BrOS. The van der Waals surface area contributed by atoms with Crippen molar-refractivity contribution in [2.75, 3.05) is 0 Å². The van der Waals surface area contributed by atoms with Crippen LogP contribution in [0.1, 0.15) is 49.2 Å². The van der Waals surface area contributed by atoms with Crippen molar-refractivity contribution < 1.29 is 4.79 Å². The summed E-state index contributed by atoms with van der Waals surface area (Å²) in [7, 11) is 0. The quantitative estimate of drug-likeness (QED) is 0.680. The molecule has 0 saturated carbocycles. The van der Waals surface area contributed by atoms with Gasteiger partial charge in [0.15, 0.2) is 5.78 Å². The Kier molecular flexibility index (Phi) is 5.54. The van der Waals surface area contributed by atoms with E-state index in [-0.39, 0.29) is 5.92 Å². The van der Waals surface area contributed by atoms with E-state index >= 15 is 0 Å². The lowest BCUT2D eigenvalue weighted by Gasteiger charge is -2.12. The van der Waals surface area contributed by atoms with Crippen LogP contribution in [-0.4, -0.2) is 5.78 Å². The lowest BCUT2D eigenvalue weighted by Crippen LogP contribution is -2.13. The summed E-state index contributed by atoms with van der Waals surface area (Å²) in [6.07, 6.45) is 4.20. The van der Waals surface area contributed by atoms with E-state index in [4.69, 9.17) is 0 Å². The maximum absolute atomic E-state index is 12.1. The van der Waals surface area contributed by atoms with Crippen molar-refractivity contribution in [2.24, 2.45) is 5.92 Å². The summed E-state index contributed by atoms with van der Waals surface area (Å²) in [4.78, 5) is 13.0. The fraction of sp³-hybridized carbons (Fsp3) is 0.583. The standard InChI is InChI=1S/C12H17BrOS/c1-3-5-9(6-4-2)12(14)11-7-10(13)8-15-11/h7-9H,3-6H2,1-2H3. The Morgan fingerprint density at radius 3 is 2.40 bits per heavy atom. The molecule has 0 amide bonds. The van der Waals surface area contributed by atoms with Gasteiger partial charge in [0, 0.05) is 15.8 Å². The van der Waals surface area contributed by atoms with Crippen molar-refractivity contribution in [2.45, 2.75) is 39.5 Å². The third-order valence-corrected chi connectivity index (χ3v) is 4.16. The zero-order chi connectivity index (χ0) is 11.3. The highest BCUT2D eigenvalue weighted by Crippen LogP contribution is 2.26. The Morgan fingerprint density at radius 2 is 2.00 bits per heavy atom. The van der Waals surface area contributed by atoms with Crippen molar-refractivity contribution in [3.05, 3.63) is 20.8 Å². The molecule has 15 heavy (non-hydrogen) atoms. The number of hydrogen-bond donors (Lipinski definition) is 0.